The monoisotopic (exact) mass is 405 g/mol. The van der Waals surface area contributed by atoms with Gasteiger partial charge in [-0.05, 0) is 36.8 Å². The number of nitrogens with one attached hydrogen (secondary N) is 1. The third-order valence-corrected chi connectivity index (χ3v) is 6.18. The van der Waals surface area contributed by atoms with Crippen LogP contribution in [0.4, 0.5) is 5.13 Å². The summed E-state index contributed by atoms with van der Waals surface area (Å²) in [4.78, 5) is 43.6. The van der Waals surface area contributed by atoms with Crippen LogP contribution in [0.5, 0.6) is 0 Å². The highest BCUT2D eigenvalue weighted by Crippen LogP contribution is 2.40. The molecule has 0 atom stereocenters. The normalized spacial score (nSPS) is 15.8. The van der Waals surface area contributed by atoms with Crippen LogP contribution in [-0.2, 0) is 4.79 Å². The van der Waals surface area contributed by atoms with Crippen molar-refractivity contribution in [3.63, 3.8) is 0 Å². The number of amides is 3. The molecule has 1 fully saturated rings. The SMILES string of the molecule is O=C(CCCN1C(=O)c2cccc3cccc(c23)C1=O)Nc1nc(C2CC2)cs1. The Hall–Kier alpha value is -3.06. The molecule has 3 aromatic rings. The van der Waals surface area contributed by atoms with Gasteiger partial charge in [0, 0.05) is 40.8 Å². The van der Waals surface area contributed by atoms with Crippen LogP contribution < -0.4 is 5.32 Å². The first-order valence-corrected chi connectivity index (χ1v) is 10.6. The van der Waals surface area contributed by atoms with Gasteiger partial charge in [0.05, 0.1) is 5.69 Å². The van der Waals surface area contributed by atoms with Gasteiger partial charge in [-0.2, -0.15) is 0 Å². The Morgan fingerprint density at radius 1 is 1.10 bits per heavy atom. The van der Waals surface area contributed by atoms with Crippen molar-refractivity contribution in [2.45, 2.75) is 31.6 Å². The van der Waals surface area contributed by atoms with E-state index in [4.69, 9.17) is 0 Å². The first kappa shape index (κ1) is 18.0. The number of carbonyl (C=O) groups is 3. The number of carbonyl (C=O) groups excluding carboxylic acids is 3. The molecule has 2 aliphatic rings. The molecule has 0 saturated heterocycles. The van der Waals surface area contributed by atoms with Gasteiger partial charge in [-0.1, -0.05) is 24.3 Å². The summed E-state index contributed by atoms with van der Waals surface area (Å²) in [5.74, 6) is -0.191. The van der Waals surface area contributed by atoms with Gasteiger partial charge in [-0.25, -0.2) is 4.98 Å². The highest BCUT2D eigenvalue weighted by Gasteiger charge is 2.32. The summed E-state index contributed by atoms with van der Waals surface area (Å²) in [5.41, 5.74) is 2.14. The number of hydrogen-bond acceptors (Lipinski definition) is 5. The Kier molecular flexibility index (Phi) is 4.39. The van der Waals surface area contributed by atoms with Gasteiger partial charge in [0.2, 0.25) is 5.91 Å². The molecule has 5 rings (SSSR count). The molecule has 0 radical (unpaired) electrons. The molecule has 0 spiro atoms. The Morgan fingerprint density at radius 3 is 2.45 bits per heavy atom. The summed E-state index contributed by atoms with van der Waals surface area (Å²) in [6, 6.07) is 10.9. The smallest absolute Gasteiger partial charge is 0.261 e. The molecule has 1 aliphatic carbocycles. The second kappa shape index (κ2) is 7.08. The van der Waals surface area contributed by atoms with Gasteiger partial charge < -0.3 is 5.32 Å². The Morgan fingerprint density at radius 2 is 1.79 bits per heavy atom. The number of rotatable bonds is 6. The van der Waals surface area contributed by atoms with Gasteiger partial charge in [-0.3, -0.25) is 19.3 Å². The molecule has 0 bridgehead atoms. The van der Waals surface area contributed by atoms with Gasteiger partial charge in [0.15, 0.2) is 5.13 Å². The molecule has 6 nitrogen and oxygen atoms in total. The maximum Gasteiger partial charge on any atom is 0.261 e. The van der Waals surface area contributed by atoms with E-state index in [0.29, 0.717) is 34.0 Å². The molecular weight excluding hydrogens is 386 g/mol. The van der Waals surface area contributed by atoms with Crippen molar-refractivity contribution in [1.29, 1.82) is 0 Å². The molecule has 3 amide bonds. The average Bonchev–Trinajstić information content (AvgIpc) is 3.48. The number of benzene rings is 2. The summed E-state index contributed by atoms with van der Waals surface area (Å²) >= 11 is 1.44. The zero-order chi connectivity index (χ0) is 20.0. The highest BCUT2D eigenvalue weighted by molar-refractivity contribution is 7.13. The minimum absolute atomic E-state index is 0.152. The van der Waals surface area contributed by atoms with Crippen molar-refractivity contribution in [1.82, 2.24) is 9.88 Å². The molecule has 1 aromatic heterocycles. The second-order valence-electron chi connectivity index (χ2n) is 7.47. The van der Waals surface area contributed by atoms with Gasteiger partial charge in [0.1, 0.15) is 0 Å². The number of thiazole rings is 1. The molecule has 1 saturated carbocycles. The zero-order valence-corrected chi connectivity index (χ0v) is 16.5. The van der Waals surface area contributed by atoms with Gasteiger partial charge in [0.25, 0.3) is 11.8 Å². The van der Waals surface area contributed by atoms with Crippen molar-refractivity contribution in [3.05, 3.63) is 58.6 Å². The summed E-state index contributed by atoms with van der Waals surface area (Å²) in [5, 5.41) is 7.03. The lowest BCUT2D eigenvalue weighted by Crippen LogP contribution is -2.41. The topological polar surface area (TPSA) is 79.4 Å². The van der Waals surface area contributed by atoms with Crippen LogP contribution >= 0.6 is 11.3 Å². The van der Waals surface area contributed by atoms with Crippen molar-refractivity contribution in [2.75, 3.05) is 11.9 Å². The molecule has 1 aliphatic heterocycles. The fraction of sp³-hybridized carbons (Fsp3) is 0.273. The first-order chi connectivity index (χ1) is 14.1. The van der Waals surface area contributed by atoms with Crippen LogP contribution in [0.25, 0.3) is 10.8 Å². The van der Waals surface area contributed by atoms with Crippen LogP contribution in [0.3, 0.4) is 0 Å². The molecule has 2 aromatic carbocycles. The zero-order valence-electron chi connectivity index (χ0n) is 15.7. The fourth-order valence-electron chi connectivity index (χ4n) is 3.77. The summed E-state index contributed by atoms with van der Waals surface area (Å²) in [6.45, 7) is 0.209. The highest BCUT2D eigenvalue weighted by atomic mass is 32.1. The van der Waals surface area contributed by atoms with Crippen molar-refractivity contribution in [3.8, 4) is 0 Å². The fourth-order valence-corrected chi connectivity index (χ4v) is 4.58. The molecule has 7 heteroatoms. The van der Waals surface area contributed by atoms with E-state index in [1.165, 1.54) is 29.1 Å². The minimum atomic E-state index is -0.297. The number of aromatic nitrogens is 1. The second-order valence-corrected chi connectivity index (χ2v) is 8.33. The van der Waals surface area contributed by atoms with Crippen molar-refractivity contribution >= 4 is 45.0 Å². The van der Waals surface area contributed by atoms with Gasteiger partial charge >= 0.3 is 0 Å². The molecule has 146 valence electrons. The number of imide groups is 1. The van der Waals surface area contributed by atoms with E-state index >= 15 is 0 Å². The van der Waals surface area contributed by atoms with E-state index in [0.717, 1.165) is 11.1 Å². The molecule has 29 heavy (non-hydrogen) atoms. The maximum absolute atomic E-state index is 12.8. The number of anilines is 1. The predicted octanol–water partition coefficient (Wildman–Crippen LogP) is 4.19. The van der Waals surface area contributed by atoms with E-state index in [9.17, 15) is 14.4 Å². The van der Waals surface area contributed by atoms with Crippen LogP contribution in [0.15, 0.2) is 41.8 Å². The third-order valence-electron chi connectivity index (χ3n) is 5.41. The van der Waals surface area contributed by atoms with Crippen LogP contribution in [0, 0.1) is 0 Å². The Bertz CT molecular complexity index is 1100. The first-order valence-electron chi connectivity index (χ1n) is 9.75. The lowest BCUT2D eigenvalue weighted by atomic mass is 9.94. The van der Waals surface area contributed by atoms with Crippen molar-refractivity contribution in [2.24, 2.45) is 0 Å². The third kappa shape index (κ3) is 3.31. The van der Waals surface area contributed by atoms with E-state index in [1.54, 1.807) is 12.1 Å². The molecular formula is C22H19N3O3S. The van der Waals surface area contributed by atoms with Gasteiger partial charge in [-0.15, -0.1) is 11.3 Å². The predicted molar refractivity (Wildman–Crippen MR) is 111 cm³/mol. The van der Waals surface area contributed by atoms with Crippen LogP contribution in [0.2, 0.25) is 0 Å². The number of hydrogen-bond donors (Lipinski definition) is 1. The van der Waals surface area contributed by atoms with Crippen LogP contribution in [0.1, 0.15) is 58.0 Å². The van der Waals surface area contributed by atoms with E-state index in [-0.39, 0.29) is 30.7 Å². The Balaban J connectivity index is 1.23. The summed E-state index contributed by atoms with van der Waals surface area (Å²) in [7, 11) is 0. The maximum atomic E-state index is 12.8. The Labute approximate surface area is 171 Å². The number of nitrogens with zero attached hydrogens (tertiary/aromatic N) is 2. The molecule has 2 heterocycles. The standard InChI is InChI=1S/C22H19N3O3S/c26-18(24-22-23-17(12-29-22)13-9-10-13)8-3-11-25-20(27)15-6-1-4-14-5-2-7-16(19(14)15)21(25)28/h1-2,4-7,12-13H,3,8-11H2,(H,23,24,26). The minimum Gasteiger partial charge on any atom is -0.302 e. The van der Waals surface area contributed by atoms with E-state index in [1.807, 2.05) is 29.6 Å². The summed E-state index contributed by atoms with van der Waals surface area (Å²) in [6.07, 6.45) is 2.97. The molecule has 1 N–H and O–H groups in total. The quantitative estimate of drug-likeness (QED) is 0.624. The lowest BCUT2D eigenvalue weighted by molar-refractivity contribution is -0.116. The molecule has 0 unspecified atom stereocenters. The van der Waals surface area contributed by atoms with Crippen molar-refractivity contribution < 1.29 is 14.4 Å². The average molecular weight is 405 g/mol. The largest absolute Gasteiger partial charge is 0.302 e. The van der Waals surface area contributed by atoms with E-state index < -0.39 is 0 Å². The van der Waals surface area contributed by atoms with E-state index in [2.05, 4.69) is 10.3 Å². The summed E-state index contributed by atoms with van der Waals surface area (Å²) < 4.78 is 0. The van der Waals surface area contributed by atoms with Crippen LogP contribution in [-0.4, -0.2) is 34.2 Å². The lowest BCUT2D eigenvalue weighted by Gasteiger charge is -2.27.